The SMILES string of the molecule is COc1ccc(CNC(=O)c2nc(-c3ccc(NC(C)=O)cc3)sc2C)cc1. The maximum absolute atomic E-state index is 12.5. The average molecular weight is 395 g/mol. The van der Waals surface area contributed by atoms with Crippen LogP contribution in [0.15, 0.2) is 48.5 Å². The van der Waals surface area contributed by atoms with Crippen molar-refractivity contribution in [3.05, 3.63) is 64.7 Å². The highest BCUT2D eigenvalue weighted by atomic mass is 32.1. The lowest BCUT2D eigenvalue weighted by molar-refractivity contribution is -0.114. The Balaban J connectivity index is 1.68. The highest BCUT2D eigenvalue weighted by molar-refractivity contribution is 7.15. The van der Waals surface area contributed by atoms with Crippen molar-refractivity contribution in [2.45, 2.75) is 20.4 Å². The summed E-state index contributed by atoms with van der Waals surface area (Å²) in [5.74, 6) is 0.457. The van der Waals surface area contributed by atoms with Crippen molar-refractivity contribution in [3.63, 3.8) is 0 Å². The van der Waals surface area contributed by atoms with Gasteiger partial charge in [-0.15, -0.1) is 11.3 Å². The topological polar surface area (TPSA) is 80.3 Å². The van der Waals surface area contributed by atoms with Crippen LogP contribution in [0.25, 0.3) is 10.6 Å². The summed E-state index contributed by atoms with van der Waals surface area (Å²) in [7, 11) is 1.62. The molecule has 2 amide bonds. The van der Waals surface area contributed by atoms with Gasteiger partial charge >= 0.3 is 0 Å². The molecule has 0 saturated heterocycles. The molecule has 1 aromatic heterocycles. The third-order valence-electron chi connectivity index (χ3n) is 4.08. The van der Waals surface area contributed by atoms with E-state index >= 15 is 0 Å². The van der Waals surface area contributed by atoms with Crippen LogP contribution >= 0.6 is 11.3 Å². The Morgan fingerprint density at radius 3 is 2.36 bits per heavy atom. The largest absolute Gasteiger partial charge is 0.497 e. The molecule has 3 aromatic rings. The first kappa shape index (κ1) is 19.6. The van der Waals surface area contributed by atoms with E-state index in [2.05, 4.69) is 15.6 Å². The standard InChI is InChI=1S/C21H21N3O3S/c1-13-19(20(26)22-12-15-4-10-18(27-3)11-5-15)24-21(28-13)16-6-8-17(9-7-16)23-14(2)25/h4-11H,12H2,1-3H3,(H,22,26)(H,23,25). The molecule has 7 heteroatoms. The molecule has 2 N–H and O–H groups in total. The Morgan fingerprint density at radius 2 is 1.75 bits per heavy atom. The number of nitrogens with zero attached hydrogens (tertiary/aromatic N) is 1. The zero-order valence-corrected chi connectivity index (χ0v) is 16.7. The number of methoxy groups -OCH3 is 1. The van der Waals surface area contributed by atoms with Crippen LogP contribution in [0.3, 0.4) is 0 Å². The Hall–Kier alpha value is -3.19. The number of anilines is 1. The molecule has 28 heavy (non-hydrogen) atoms. The minimum Gasteiger partial charge on any atom is -0.497 e. The van der Waals surface area contributed by atoms with Gasteiger partial charge in [0.25, 0.3) is 5.91 Å². The van der Waals surface area contributed by atoms with E-state index in [1.54, 1.807) is 7.11 Å². The van der Waals surface area contributed by atoms with Crippen molar-refractivity contribution in [2.75, 3.05) is 12.4 Å². The van der Waals surface area contributed by atoms with Gasteiger partial charge in [-0.2, -0.15) is 0 Å². The van der Waals surface area contributed by atoms with Gasteiger partial charge in [-0.25, -0.2) is 4.98 Å². The predicted octanol–water partition coefficient (Wildman–Crippen LogP) is 4.02. The van der Waals surface area contributed by atoms with Crippen LogP contribution < -0.4 is 15.4 Å². The summed E-state index contributed by atoms with van der Waals surface area (Å²) in [5.41, 5.74) is 3.04. The molecule has 0 spiro atoms. The zero-order chi connectivity index (χ0) is 20.1. The second-order valence-corrected chi connectivity index (χ2v) is 7.42. The van der Waals surface area contributed by atoms with Crippen molar-refractivity contribution < 1.29 is 14.3 Å². The molecular formula is C21H21N3O3S. The van der Waals surface area contributed by atoms with Crippen molar-refractivity contribution in [1.29, 1.82) is 0 Å². The summed E-state index contributed by atoms with van der Waals surface area (Å²) in [6.07, 6.45) is 0. The van der Waals surface area contributed by atoms with Crippen LogP contribution in [0.5, 0.6) is 5.75 Å². The summed E-state index contributed by atoms with van der Waals surface area (Å²) in [6, 6.07) is 14.9. The number of carbonyl (C=O) groups is 2. The molecule has 0 radical (unpaired) electrons. The third kappa shape index (κ3) is 4.75. The van der Waals surface area contributed by atoms with Gasteiger partial charge < -0.3 is 15.4 Å². The molecular weight excluding hydrogens is 374 g/mol. The van der Waals surface area contributed by atoms with Gasteiger partial charge in [0.05, 0.1) is 7.11 Å². The number of rotatable bonds is 6. The lowest BCUT2D eigenvalue weighted by Gasteiger charge is -2.05. The molecule has 0 unspecified atom stereocenters. The first-order valence-electron chi connectivity index (χ1n) is 8.73. The van der Waals surface area contributed by atoms with E-state index in [0.717, 1.165) is 32.4 Å². The van der Waals surface area contributed by atoms with Crippen LogP contribution in [0.4, 0.5) is 5.69 Å². The second kappa shape index (κ2) is 8.67. The average Bonchev–Trinajstić information content (AvgIpc) is 3.08. The molecule has 1 heterocycles. The molecule has 0 aliphatic carbocycles. The highest BCUT2D eigenvalue weighted by Crippen LogP contribution is 2.28. The van der Waals surface area contributed by atoms with E-state index in [-0.39, 0.29) is 11.8 Å². The van der Waals surface area contributed by atoms with Crippen molar-refractivity contribution in [1.82, 2.24) is 10.3 Å². The molecule has 0 aliphatic rings. The fraction of sp³-hybridized carbons (Fsp3) is 0.190. The van der Waals surface area contributed by atoms with Gasteiger partial charge in [0.15, 0.2) is 0 Å². The van der Waals surface area contributed by atoms with E-state index < -0.39 is 0 Å². The summed E-state index contributed by atoms with van der Waals surface area (Å²) in [4.78, 5) is 29.0. The Labute approximate surface area is 167 Å². The molecule has 6 nitrogen and oxygen atoms in total. The lowest BCUT2D eigenvalue weighted by atomic mass is 10.2. The van der Waals surface area contributed by atoms with Crippen LogP contribution in [0, 0.1) is 6.92 Å². The van der Waals surface area contributed by atoms with E-state index in [1.165, 1.54) is 18.3 Å². The number of thiazole rings is 1. The van der Waals surface area contributed by atoms with E-state index in [4.69, 9.17) is 4.74 Å². The second-order valence-electron chi connectivity index (χ2n) is 6.21. The smallest absolute Gasteiger partial charge is 0.271 e. The number of hydrogen-bond donors (Lipinski definition) is 2. The van der Waals surface area contributed by atoms with Crippen LogP contribution in [-0.4, -0.2) is 23.9 Å². The quantitative estimate of drug-likeness (QED) is 0.661. The number of nitrogens with one attached hydrogen (secondary N) is 2. The summed E-state index contributed by atoms with van der Waals surface area (Å²) < 4.78 is 5.13. The lowest BCUT2D eigenvalue weighted by Crippen LogP contribution is -2.23. The first-order chi connectivity index (χ1) is 13.5. The Bertz CT molecular complexity index is 979. The van der Waals surface area contributed by atoms with Gasteiger partial charge in [-0.05, 0) is 48.9 Å². The number of aromatic nitrogens is 1. The number of amides is 2. The molecule has 2 aromatic carbocycles. The van der Waals surface area contributed by atoms with Gasteiger partial charge in [0.1, 0.15) is 16.5 Å². The number of carbonyl (C=O) groups excluding carboxylic acids is 2. The van der Waals surface area contributed by atoms with Crippen molar-refractivity contribution in [2.24, 2.45) is 0 Å². The van der Waals surface area contributed by atoms with Crippen molar-refractivity contribution in [3.8, 4) is 16.3 Å². The van der Waals surface area contributed by atoms with Crippen LogP contribution in [0.2, 0.25) is 0 Å². The summed E-state index contributed by atoms with van der Waals surface area (Å²) >= 11 is 1.47. The molecule has 144 valence electrons. The Morgan fingerprint density at radius 1 is 1.07 bits per heavy atom. The zero-order valence-electron chi connectivity index (χ0n) is 15.9. The van der Waals surface area contributed by atoms with E-state index in [1.807, 2.05) is 55.5 Å². The molecule has 0 aliphatic heterocycles. The van der Waals surface area contributed by atoms with Crippen molar-refractivity contribution >= 4 is 28.8 Å². The molecule has 0 atom stereocenters. The predicted molar refractivity (Wildman–Crippen MR) is 111 cm³/mol. The fourth-order valence-electron chi connectivity index (χ4n) is 2.64. The van der Waals surface area contributed by atoms with E-state index in [9.17, 15) is 9.59 Å². The fourth-order valence-corrected chi connectivity index (χ4v) is 3.56. The Kier molecular flexibility index (Phi) is 6.06. The number of aryl methyl sites for hydroxylation is 1. The number of benzene rings is 2. The van der Waals surface area contributed by atoms with Gasteiger partial charge in [-0.1, -0.05) is 12.1 Å². The maximum Gasteiger partial charge on any atom is 0.271 e. The molecule has 0 saturated carbocycles. The summed E-state index contributed by atoms with van der Waals surface area (Å²) in [5, 5.41) is 6.40. The number of hydrogen-bond acceptors (Lipinski definition) is 5. The third-order valence-corrected chi connectivity index (χ3v) is 5.10. The minimum atomic E-state index is -0.203. The summed E-state index contributed by atoms with van der Waals surface area (Å²) in [6.45, 7) is 3.77. The maximum atomic E-state index is 12.5. The normalized spacial score (nSPS) is 10.4. The molecule has 0 fully saturated rings. The van der Waals surface area contributed by atoms with Crippen LogP contribution in [0.1, 0.15) is 27.9 Å². The van der Waals surface area contributed by atoms with Gasteiger partial charge in [0.2, 0.25) is 5.91 Å². The number of ether oxygens (including phenoxy) is 1. The van der Waals surface area contributed by atoms with Gasteiger partial charge in [-0.3, -0.25) is 9.59 Å². The first-order valence-corrected chi connectivity index (χ1v) is 9.54. The minimum absolute atomic E-state index is 0.117. The van der Waals surface area contributed by atoms with Gasteiger partial charge in [0, 0.05) is 29.6 Å². The monoisotopic (exact) mass is 395 g/mol. The van der Waals surface area contributed by atoms with E-state index in [0.29, 0.717) is 12.2 Å². The molecule has 3 rings (SSSR count). The van der Waals surface area contributed by atoms with Crippen LogP contribution in [-0.2, 0) is 11.3 Å². The highest BCUT2D eigenvalue weighted by Gasteiger charge is 2.16. The molecule has 0 bridgehead atoms.